The lowest BCUT2D eigenvalue weighted by atomic mass is 9.83. The van der Waals surface area contributed by atoms with Crippen molar-refractivity contribution < 1.29 is 9.53 Å². The number of H-pyrrole nitrogens is 1. The van der Waals surface area contributed by atoms with Crippen LogP contribution in [0.4, 0.5) is 5.82 Å². The molecule has 1 aromatic heterocycles. The second-order valence-corrected chi connectivity index (χ2v) is 5.70. The molecule has 2 aliphatic heterocycles. The highest BCUT2D eigenvalue weighted by Gasteiger charge is 2.39. The fourth-order valence-corrected chi connectivity index (χ4v) is 3.18. The van der Waals surface area contributed by atoms with Gasteiger partial charge in [-0.25, -0.2) is 4.79 Å². The zero-order valence-corrected chi connectivity index (χ0v) is 11.9. The number of benzene rings is 1. The number of nitrogens with zero attached hydrogens (tertiary/aromatic N) is 1. The van der Waals surface area contributed by atoms with Crippen LogP contribution in [-0.2, 0) is 9.53 Å². The molecular weight excluding hydrogens is 322 g/mol. The van der Waals surface area contributed by atoms with E-state index in [-0.39, 0.29) is 18.5 Å². The molecule has 0 saturated heterocycles. The lowest BCUT2D eigenvalue weighted by Gasteiger charge is -2.23. The summed E-state index contributed by atoms with van der Waals surface area (Å²) in [6, 6.07) is 7.95. The second-order valence-electron chi connectivity index (χ2n) is 4.78. The summed E-state index contributed by atoms with van der Waals surface area (Å²) in [4.78, 5) is 12.0. The average Bonchev–Trinajstić information content (AvgIpc) is 3.04. The Morgan fingerprint density at radius 1 is 1.40 bits per heavy atom. The fourth-order valence-electron chi connectivity index (χ4n) is 2.77. The maximum Gasteiger partial charge on any atom is 0.337 e. The molecule has 1 aromatic carbocycles. The molecule has 1 unspecified atom stereocenters. The lowest BCUT2D eigenvalue weighted by Crippen LogP contribution is -2.19. The van der Waals surface area contributed by atoms with Crippen LogP contribution in [0.2, 0.25) is 0 Å². The van der Waals surface area contributed by atoms with Crippen molar-refractivity contribution in [1.82, 2.24) is 10.2 Å². The van der Waals surface area contributed by atoms with E-state index in [1.165, 1.54) is 0 Å². The number of aromatic nitrogens is 2. The molecule has 0 aliphatic carbocycles. The van der Waals surface area contributed by atoms with Gasteiger partial charge in [0, 0.05) is 16.0 Å². The monoisotopic (exact) mass is 331 g/mol. The Hall–Kier alpha value is -2.08. The van der Waals surface area contributed by atoms with Gasteiger partial charge in [0.2, 0.25) is 0 Å². The molecule has 0 radical (unpaired) electrons. The first-order valence-corrected chi connectivity index (χ1v) is 6.99. The third kappa shape index (κ3) is 1.61. The molecule has 2 N–H and O–H groups in total. The van der Waals surface area contributed by atoms with Gasteiger partial charge in [0.25, 0.3) is 0 Å². The number of ether oxygens (including phenoxy) is 1. The van der Waals surface area contributed by atoms with E-state index in [2.05, 4.69) is 31.4 Å². The Balaban J connectivity index is 1.93. The minimum atomic E-state index is -0.260. The molecule has 20 heavy (non-hydrogen) atoms. The molecule has 0 saturated carbocycles. The smallest absolute Gasteiger partial charge is 0.337 e. The van der Waals surface area contributed by atoms with Gasteiger partial charge >= 0.3 is 5.97 Å². The number of hydrogen-bond acceptors (Lipinski definition) is 4. The predicted molar refractivity (Wildman–Crippen MR) is 76.2 cm³/mol. The first-order valence-electron chi connectivity index (χ1n) is 6.20. The van der Waals surface area contributed by atoms with Crippen molar-refractivity contribution in [3.63, 3.8) is 0 Å². The maximum absolute atomic E-state index is 12.0. The molecule has 1 atom stereocenters. The number of fused-ring (bicyclic) bond motifs is 1. The number of rotatable bonds is 1. The number of nitrogens with one attached hydrogen (secondary N) is 2. The summed E-state index contributed by atoms with van der Waals surface area (Å²) in [5.41, 5.74) is 3.49. The van der Waals surface area contributed by atoms with E-state index in [0.29, 0.717) is 5.57 Å². The number of carbonyl (C=O) groups excluding carboxylic acids is 1. The van der Waals surface area contributed by atoms with Crippen molar-refractivity contribution in [2.75, 3.05) is 11.9 Å². The number of cyclic esters (lactones) is 1. The quantitative estimate of drug-likeness (QED) is 0.788. The topological polar surface area (TPSA) is 67.0 Å². The second kappa shape index (κ2) is 4.21. The summed E-state index contributed by atoms with van der Waals surface area (Å²) in [5, 5.41) is 10.2. The van der Waals surface area contributed by atoms with Crippen molar-refractivity contribution in [3.05, 3.63) is 57.3 Å². The summed E-state index contributed by atoms with van der Waals surface area (Å²) in [6.07, 6.45) is 1.75. The summed E-state index contributed by atoms with van der Waals surface area (Å²) in [6.45, 7) is 0.289. The van der Waals surface area contributed by atoms with Crippen molar-refractivity contribution in [2.45, 2.75) is 5.92 Å². The third-order valence-corrected chi connectivity index (χ3v) is 4.11. The molecule has 0 spiro atoms. The lowest BCUT2D eigenvalue weighted by molar-refractivity contribution is -0.136. The minimum absolute atomic E-state index is 0.146. The Morgan fingerprint density at radius 3 is 3.15 bits per heavy atom. The maximum atomic E-state index is 12.0. The van der Waals surface area contributed by atoms with Gasteiger partial charge in [-0.3, -0.25) is 5.10 Å². The van der Waals surface area contributed by atoms with E-state index in [1.54, 1.807) is 6.20 Å². The van der Waals surface area contributed by atoms with Gasteiger partial charge in [-0.1, -0.05) is 28.1 Å². The van der Waals surface area contributed by atoms with Gasteiger partial charge in [-0.2, -0.15) is 5.10 Å². The average molecular weight is 332 g/mol. The minimum Gasteiger partial charge on any atom is -0.456 e. The van der Waals surface area contributed by atoms with Crippen LogP contribution in [0.5, 0.6) is 0 Å². The molecule has 0 bridgehead atoms. The number of halogens is 1. The number of esters is 1. The summed E-state index contributed by atoms with van der Waals surface area (Å²) in [7, 11) is 0. The highest BCUT2D eigenvalue weighted by Crippen LogP contribution is 2.43. The standard InChI is InChI=1S/C14H10BrN3O2/c15-8-3-1-2-7(4-8)11-9-5-16-18-13(9)17-10-6-20-14(19)12(10)11/h1-5,11H,6H2,(H2,16,17,18). The van der Waals surface area contributed by atoms with Crippen LogP contribution >= 0.6 is 15.9 Å². The molecular formula is C14H10BrN3O2. The van der Waals surface area contributed by atoms with Gasteiger partial charge in [0.05, 0.1) is 17.5 Å². The van der Waals surface area contributed by atoms with Gasteiger partial charge in [-0.15, -0.1) is 0 Å². The van der Waals surface area contributed by atoms with Crippen molar-refractivity contribution in [1.29, 1.82) is 0 Å². The largest absolute Gasteiger partial charge is 0.456 e. The zero-order chi connectivity index (χ0) is 13.7. The van der Waals surface area contributed by atoms with E-state index in [0.717, 1.165) is 27.1 Å². The van der Waals surface area contributed by atoms with Crippen LogP contribution in [0, 0.1) is 0 Å². The molecule has 2 aliphatic rings. The first kappa shape index (κ1) is 11.7. The number of carbonyl (C=O) groups is 1. The molecule has 2 aromatic rings. The highest BCUT2D eigenvalue weighted by molar-refractivity contribution is 9.10. The highest BCUT2D eigenvalue weighted by atomic mass is 79.9. The van der Waals surface area contributed by atoms with Crippen molar-refractivity contribution in [3.8, 4) is 0 Å². The van der Waals surface area contributed by atoms with Gasteiger partial charge in [0.15, 0.2) is 0 Å². The number of hydrogen-bond donors (Lipinski definition) is 2. The molecule has 0 fully saturated rings. The van der Waals surface area contributed by atoms with Crippen LogP contribution in [0.25, 0.3) is 0 Å². The van der Waals surface area contributed by atoms with Gasteiger partial charge in [0.1, 0.15) is 12.4 Å². The Kier molecular flexibility index (Phi) is 2.47. The zero-order valence-electron chi connectivity index (χ0n) is 10.3. The van der Waals surface area contributed by atoms with E-state index < -0.39 is 0 Å². The first-order chi connectivity index (χ1) is 9.74. The molecule has 3 heterocycles. The summed E-state index contributed by atoms with van der Waals surface area (Å²) >= 11 is 3.48. The van der Waals surface area contributed by atoms with Gasteiger partial charge < -0.3 is 10.1 Å². The number of aromatic amines is 1. The predicted octanol–water partition coefficient (Wildman–Crippen LogP) is 2.54. The van der Waals surface area contributed by atoms with Crippen LogP contribution in [0.1, 0.15) is 17.0 Å². The Labute approximate surface area is 123 Å². The molecule has 6 heteroatoms. The fraction of sp³-hybridized carbons (Fsp3) is 0.143. The molecule has 100 valence electrons. The summed E-state index contributed by atoms with van der Waals surface area (Å²) < 4.78 is 6.14. The van der Waals surface area contributed by atoms with Gasteiger partial charge in [-0.05, 0) is 17.7 Å². The Morgan fingerprint density at radius 2 is 2.30 bits per heavy atom. The van der Waals surface area contributed by atoms with E-state index in [4.69, 9.17) is 4.74 Å². The SMILES string of the molecule is O=C1OCC2=C1C(c1cccc(Br)c1)c1cn[nH]c1N2. The van der Waals surface area contributed by atoms with E-state index >= 15 is 0 Å². The van der Waals surface area contributed by atoms with Crippen LogP contribution in [-0.4, -0.2) is 22.8 Å². The molecule has 0 amide bonds. The number of anilines is 1. The van der Waals surface area contributed by atoms with Crippen molar-refractivity contribution >= 4 is 27.7 Å². The van der Waals surface area contributed by atoms with Crippen LogP contribution < -0.4 is 5.32 Å². The molecule has 4 rings (SSSR count). The van der Waals surface area contributed by atoms with Crippen LogP contribution in [0.15, 0.2) is 46.2 Å². The van der Waals surface area contributed by atoms with Crippen molar-refractivity contribution in [2.24, 2.45) is 0 Å². The third-order valence-electron chi connectivity index (χ3n) is 3.62. The molecule has 5 nitrogen and oxygen atoms in total. The van der Waals surface area contributed by atoms with E-state index in [9.17, 15) is 4.79 Å². The van der Waals surface area contributed by atoms with Crippen LogP contribution in [0.3, 0.4) is 0 Å². The summed E-state index contributed by atoms with van der Waals surface area (Å²) in [5.74, 6) is 0.420. The van der Waals surface area contributed by atoms with E-state index in [1.807, 2.05) is 24.3 Å². The normalized spacial score (nSPS) is 20.2. The Bertz CT molecular complexity index is 750.